The number of benzene rings is 2. The average molecular weight is 405 g/mol. The summed E-state index contributed by atoms with van der Waals surface area (Å²) < 4.78 is 0. The van der Waals surface area contributed by atoms with E-state index in [4.69, 9.17) is 0 Å². The lowest BCUT2D eigenvalue weighted by atomic mass is 10.1. The Labute approximate surface area is 176 Å². The third-order valence-electron chi connectivity index (χ3n) is 5.54. The topological polar surface area (TPSA) is 78.1 Å². The Balaban J connectivity index is 1.29. The van der Waals surface area contributed by atoms with Crippen LogP contribution in [0.3, 0.4) is 0 Å². The smallest absolute Gasteiger partial charge is 0.258 e. The molecule has 1 saturated heterocycles. The number of anilines is 1. The minimum Gasteiger partial charge on any atom is -0.326 e. The lowest BCUT2D eigenvalue weighted by molar-refractivity contribution is -0.116. The summed E-state index contributed by atoms with van der Waals surface area (Å²) in [6, 6.07) is 15.4. The molecule has 1 fully saturated rings. The zero-order valence-electron chi connectivity index (χ0n) is 17.2. The number of H-pyrrole nitrogens is 1. The van der Waals surface area contributed by atoms with E-state index in [2.05, 4.69) is 32.3 Å². The molecule has 6 heteroatoms. The van der Waals surface area contributed by atoms with E-state index in [1.54, 1.807) is 6.07 Å². The van der Waals surface area contributed by atoms with E-state index in [-0.39, 0.29) is 11.5 Å². The molecule has 1 aliphatic rings. The third-order valence-corrected chi connectivity index (χ3v) is 5.54. The van der Waals surface area contributed by atoms with Crippen molar-refractivity contribution in [3.63, 3.8) is 0 Å². The highest BCUT2D eigenvalue weighted by Gasteiger charge is 2.11. The van der Waals surface area contributed by atoms with Gasteiger partial charge in [0.2, 0.25) is 5.91 Å². The lowest BCUT2D eigenvalue weighted by Crippen LogP contribution is -2.29. The quantitative estimate of drug-likeness (QED) is 0.627. The SMILES string of the molecule is O=C(CCCc1nc2ccccc2c(=O)[nH]1)Nc1cccc(CN2CCCCC2)c1. The van der Waals surface area contributed by atoms with Crippen molar-refractivity contribution in [2.45, 2.75) is 45.1 Å². The van der Waals surface area contributed by atoms with Crippen LogP contribution in [0.1, 0.15) is 43.5 Å². The van der Waals surface area contributed by atoms with Gasteiger partial charge in [-0.05, 0) is 62.2 Å². The summed E-state index contributed by atoms with van der Waals surface area (Å²) in [6.45, 7) is 3.24. The van der Waals surface area contributed by atoms with Crippen LogP contribution in [0.2, 0.25) is 0 Å². The van der Waals surface area contributed by atoms with Gasteiger partial charge in [-0.3, -0.25) is 14.5 Å². The summed E-state index contributed by atoms with van der Waals surface area (Å²) in [6.07, 6.45) is 5.44. The number of carbonyl (C=O) groups excluding carboxylic acids is 1. The molecule has 0 bridgehead atoms. The predicted molar refractivity (Wildman–Crippen MR) is 120 cm³/mol. The Morgan fingerprint density at radius 1 is 1.07 bits per heavy atom. The summed E-state index contributed by atoms with van der Waals surface area (Å²) in [5, 5.41) is 3.58. The first-order valence-corrected chi connectivity index (χ1v) is 10.8. The average Bonchev–Trinajstić information content (AvgIpc) is 2.75. The molecule has 1 amide bonds. The Bertz CT molecular complexity index is 1070. The molecule has 0 spiro atoms. The number of aryl methyl sites for hydroxylation is 1. The second-order valence-electron chi connectivity index (χ2n) is 7.97. The van der Waals surface area contributed by atoms with E-state index in [0.717, 1.165) is 25.3 Å². The molecule has 2 heterocycles. The van der Waals surface area contributed by atoms with Gasteiger partial charge < -0.3 is 10.3 Å². The highest BCUT2D eigenvalue weighted by Crippen LogP contribution is 2.16. The standard InChI is InChI=1S/C24H28N4O2/c29-23(13-7-12-22-26-21-11-3-2-10-20(21)24(30)27-22)25-19-9-6-8-18(16-19)17-28-14-4-1-5-15-28/h2-3,6,8-11,16H,1,4-5,7,12-15,17H2,(H,25,29)(H,26,27,30). The van der Waals surface area contributed by atoms with Crippen molar-refractivity contribution >= 4 is 22.5 Å². The third kappa shape index (κ3) is 5.33. The van der Waals surface area contributed by atoms with Gasteiger partial charge in [0.25, 0.3) is 5.56 Å². The molecule has 156 valence electrons. The van der Waals surface area contributed by atoms with Crippen molar-refractivity contribution in [2.24, 2.45) is 0 Å². The van der Waals surface area contributed by atoms with Gasteiger partial charge in [-0.15, -0.1) is 0 Å². The number of aromatic amines is 1. The first-order valence-electron chi connectivity index (χ1n) is 10.8. The maximum absolute atomic E-state index is 12.4. The monoisotopic (exact) mass is 404 g/mol. The van der Waals surface area contributed by atoms with Crippen LogP contribution in [0.15, 0.2) is 53.3 Å². The van der Waals surface area contributed by atoms with Crippen molar-refractivity contribution in [3.8, 4) is 0 Å². The Morgan fingerprint density at radius 3 is 2.77 bits per heavy atom. The van der Waals surface area contributed by atoms with E-state index in [1.807, 2.05) is 30.3 Å². The summed E-state index contributed by atoms with van der Waals surface area (Å²) in [5.41, 5.74) is 2.62. The fourth-order valence-electron chi connectivity index (χ4n) is 4.02. The van der Waals surface area contributed by atoms with E-state index < -0.39 is 0 Å². The lowest BCUT2D eigenvalue weighted by Gasteiger charge is -2.26. The Kier molecular flexibility index (Phi) is 6.54. The number of likely N-dealkylation sites (tertiary alicyclic amines) is 1. The molecule has 0 saturated carbocycles. The maximum Gasteiger partial charge on any atom is 0.258 e. The number of fused-ring (bicyclic) bond motifs is 1. The van der Waals surface area contributed by atoms with Crippen LogP contribution in [0.25, 0.3) is 10.9 Å². The fourth-order valence-corrected chi connectivity index (χ4v) is 4.02. The number of aromatic nitrogens is 2. The Morgan fingerprint density at radius 2 is 1.90 bits per heavy atom. The van der Waals surface area contributed by atoms with Crippen LogP contribution < -0.4 is 10.9 Å². The highest BCUT2D eigenvalue weighted by molar-refractivity contribution is 5.90. The molecular formula is C24H28N4O2. The van der Waals surface area contributed by atoms with Gasteiger partial charge in [0.15, 0.2) is 0 Å². The van der Waals surface area contributed by atoms with Gasteiger partial charge in [-0.2, -0.15) is 0 Å². The number of para-hydroxylation sites is 1. The molecule has 0 aliphatic carbocycles. The van der Waals surface area contributed by atoms with Gasteiger partial charge >= 0.3 is 0 Å². The number of carbonyl (C=O) groups is 1. The van der Waals surface area contributed by atoms with Gasteiger partial charge in [-0.25, -0.2) is 4.98 Å². The molecule has 1 aromatic heterocycles. The zero-order valence-corrected chi connectivity index (χ0v) is 17.2. The molecule has 30 heavy (non-hydrogen) atoms. The first-order chi connectivity index (χ1) is 14.7. The van der Waals surface area contributed by atoms with Crippen LogP contribution in [-0.4, -0.2) is 33.9 Å². The summed E-state index contributed by atoms with van der Waals surface area (Å²) in [5.74, 6) is 0.600. The van der Waals surface area contributed by atoms with Gasteiger partial charge in [0.05, 0.1) is 10.9 Å². The molecule has 0 radical (unpaired) electrons. The molecule has 0 unspecified atom stereocenters. The van der Waals surface area contributed by atoms with Crippen LogP contribution in [-0.2, 0) is 17.8 Å². The molecule has 6 nitrogen and oxygen atoms in total. The summed E-state index contributed by atoms with van der Waals surface area (Å²) >= 11 is 0. The number of hydrogen-bond donors (Lipinski definition) is 2. The van der Waals surface area contributed by atoms with Gasteiger partial charge in [0, 0.05) is 25.1 Å². The molecule has 0 atom stereocenters. The van der Waals surface area contributed by atoms with Crippen molar-refractivity contribution < 1.29 is 4.79 Å². The largest absolute Gasteiger partial charge is 0.326 e. The number of rotatable bonds is 7. The minimum atomic E-state index is -0.134. The number of hydrogen-bond acceptors (Lipinski definition) is 4. The zero-order chi connectivity index (χ0) is 20.8. The van der Waals surface area contributed by atoms with Crippen LogP contribution in [0, 0.1) is 0 Å². The van der Waals surface area contributed by atoms with Crippen molar-refractivity contribution in [3.05, 3.63) is 70.3 Å². The highest BCUT2D eigenvalue weighted by atomic mass is 16.1. The predicted octanol–water partition coefficient (Wildman–Crippen LogP) is 3.87. The maximum atomic E-state index is 12.4. The van der Waals surface area contributed by atoms with E-state index >= 15 is 0 Å². The van der Waals surface area contributed by atoms with Gasteiger partial charge in [-0.1, -0.05) is 30.7 Å². The summed E-state index contributed by atoms with van der Waals surface area (Å²) in [7, 11) is 0. The minimum absolute atomic E-state index is 0.0201. The fraction of sp³-hybridized carbons (Fsp3) is 0.375. The second-order valence-corrected chi connectivity index (χ2v) is 7.97. The number of nitrogens with one attached hydrogen (secondary N) is 2. The van der Waals surface area contributed by atoms with Crippen LogP contribution in [0.4, 0.5) is 5.69 Å². The number of amides is 1. The van der Waals surface area contributed by atoms with Crippen LogP contribution in [0.5, 0.6) is 0 Å². The van der Waals surface area contributed by atoms with Gasteiger partial charge in [0.1, 0.15) is 5.82 Å². The number of piperidine rings is 1. The molecule has 4 rings (SSSR count). The Hall–Kier alpha value is -2.99. The molecule has 2 aromatic carbocycles. The second kappa shape index (κ2) is 9.67. The van der Waals surface area contributed by atoms with E-state index in [9.17, 15) is 9.59 Å². The van der Waals surface area contributed by atoms with E-state index in [0.29, 0.717) is 36.0 Å². The normalized spacial score (nSPS) is 14.7. The molecule has 3 aromatic rings. The summed E-state index contributed by atoms with van der Waals surface area (Å²) in [4.78, 5) is 34.3. The van der Waals surface area contributed by atoms with Crippen LogP contribution >= 0.6 is 0 Å². The molecule has 2 N–H and O–H groups in total. The van der Waals surface area contributed by atoms with E-state index in [1.165, 1.54) is 24.8 Å². The van der Waals surface area contributed by atoms with Crippen molar-refractivity contribution in [1.29, 1.82) is 0 Å². The number of nitrogens with zero attached hydrogens (tertiary/aromatic N) is 2. The molecule has 1 aliphatic heterocycles. The molecular weight excluding hydrogens is 376 g/mol. The van der Waals surface area contributed by atoms with Crippen molar-refractivity contribution in [2.75, 3.05) is 18.4 Å². The first kappa shape index (κ1) is 20.3. The van der Waals surface area contributed by atoms with Crippen molar-refractivity contribution in [1.82, 2.24) is 14.9 Å².